The third-order valence-corrected chi connectivity index (χ3v) is 4.57. The van der Waals surface area contributed by atoms with E-state index >= 15 is 0 Å². The highest BCUT2D eigenvalue weighted by molar-refractivity contribution is 7.71. The van der Waals surface area contributed by atoms with Crippen molar-refractivity contribution in [1.82, 2.24) is 10.2 Å². The molecular formula is C20H27FN2OS. The summed E-state index contributed by atoms with van der Waals surface area (Å²) in [7, 11) is 0.500. The molecule has 0 bridgehead atoms. The number of phenolic OH excluding ortho intramolecular Hbond substituents is 1. The normalized spacial score (nSPS) is 12.0. The fraction of sp³-hybridized carbons (Fsp3) is 0.350. The van der Waals surface area contributed by atoms with Gasteiger partial charge in [-0.2, -0.15) is 0 Å². The average molecular weight is 363 g/mol. The van der Waals surface area contributed by atoms with Crippen LogP contribution in [0.25, 0.3) is 16.8 Å². The molecule has 25 heavy (non-hydrogen) atoms. The molecule has 0 spiro atoms. The highest BCUT2D eigenvalue weighted by atomic mass is 32.1. The maximum atomic E-state index is 10.4. The van der Waals surface area contributed by atoms with Crippen LogP contribution in [0.1, 0.15) is 44.4 Å². The lowest BCUT2D eigenvalue weighted by Crippen LogP contribution is -1.92. The maximum absolute atomic E-state index is 10.4. The van der Waals surface area contributed by atoms with Gasteiger partial charge in [-0.3, -0.25) is 14.6 Å². The van der Waals surface area contributed by atoms with Gasteiger partial charge in [0.1, 0.15) is 10.4 Å². The first-order chi connectivity index (χ1) is 11.9. The van der Waals surface area contributed by atoms with E-state index in [-0.39, 0.29) is 5.75 Å². The van der Waals surface area contributed by atoms with Crippen LogP contribution in [-0.4, -0.2) is 22.5 Å². The Hall–Kier alpha value is -2.14. The molecule has 0 aliphatic rings. The van der Waals surface area contributed by atoms with E-state index in [0.717, 1.165) is 40.0 Å². The number of rotatable bonds is 4. The molecule has 0 saturated heterocycles. The maximum Gasteiger partial charge on any atom is 0.127 e. The number of aryl methyl sites for hydroxylation is 2. The van der Waals surface area contributed by atoms with Gasteiger partial charge in [-0.25, -0.2) is 0 Å². The number of H-pyrrole nitrogens is 2. The summed E-state index contributed by atoms with van der Waals surface area (Å²) < 4.78 is 10.2. The van der Waals surface area contributed by atoms with Crippen molar-refractivity contribution in [3.8, 4) is 17.0 Å². The van der Waals surface area contributed by atoms with E-state index in [2.05, 4.69) is 37.0 Å². The van der Waals surface area contributed by atoms with Crippen molar-refractivity contribution in [2.75, 3.05) is 7.18 Å². The SMILES string of the molecule is C/C=C\C(C)=C(/C)c1c(-c2cc(CC)c(C)cc2O)[nH][nH]c1=S.CF. The van der Waals surface area contributed by atoms with Crippen LogP contribution in [0.3, 0.4) is 0 Å². The molecule has 2 rings (SSSR count). The van der Waals surface area contributed by atoms with Crippen LogP contribution < -0.4 is 0 Å². The first kappa shape index (κ1) is 20.9. The highest BCUT2D eigenvalue weighted by Gasteiger charge is 2.17. The molecule has 2 aromatic rings. The van der Waals surface area contributed by atoms with E-state index in [1.807, 2.05) is 32.1 Å². The zero-order valence-corrected chi connectivity index (χ0v) is 16.6. The Labute approximate surface area is 154 Å². The molecule has 0 saturated carbocycles. The Morgan fingerprint density at radius 1 is 1.24 bits per heavy atom. The smallest absolute Gasteiger partial charge is 0.127 e. The molecule has 1 aromatic carbocycles. The second kappa shape index (κ2) is 9.37. The molecule has 1 aromatic heterocycles. The van der Waals surface area contributed by atoms with Crippen LogP contribution in [0, 0.1) is 11.6 Å². The van der Waals surface area contributed by atoms with Gasteiger partial charge in [0.05, 0.1) is 12.9 Å². The molecule has 0 unspecified atom stereocenters. The molecular weight excluding hydrogens is 335 g/mol. The molecule has 0 radical (unpaired) electrons. The Bertz CT molecular complexity index is 844. The molecule has 0 atom stereocenters. The number of aromatic nitrogens is 2. The lowest BCUT2D eigenvalue weighted by molar-refractivity contribution is 0.476. The minimum atomic E-state index is 0.266. The van der Waals surface area contributed by atoms with E-state index in [4.69, 9.17) is 12.2 Å². The number of hydrogen-bond donors (Lipinski definition) is 3. The summed E-state index contributed by atoms with van der Waals surface area (Å²) in [5, 5.41) is 16.6. The Morgan fingerprint density at radius 2 is 1.88 bits per heavy atom. The Balaban J connectivity index is 0.00000151. The van der Waals surface area contributed by atoms with Gasteiger partial charge in [0, 0.05) is 11.1 Å². The second-order valence-corrected chi connectivity index (χ2v) is 6.19. The molecule has 0 fully saturated rings. The monoisotopic (exact) mass is 362 g/mol. The lowest BCUT2D eigenvalue weighted by Gasteiger charge is -2.11. The van der Waals surface area contributed by atoms with Crippen molar-refractivity contribution < 1.29 is 9.50 Å². The molecule has 0 aliphatic carbocycles. The molecule has 3 nitrogen and oxygen atoms in total. The quantitative estimate of drug-likeness (QED) is 0.443. The van der Waals surface area contributed by atoms with E-state index < -0.39 is 0 Å². The van der Waals surface area contributed by atoms with E-state index in [9.17, 15) is 9.50 Å². The van der Waals surface area contributed by atoms with Gasteiger partial charge in [-0.05, 0) is 68.5 Å². The number of nitrogens with one attached hydrogen (secondary N) is 2. The third-order valence-electron chi connectivity index (χ3n) is 4.27. The van der Waals surface area contributed by atoms with Gasteiger partial charge < -0.3 is 5.11 Å². The predicted molar refractivity (Wildman–Crippen MR) is 107 cm³/mol. The van der Waals surface area contributed by atoms with Crippen molar-refractivity contribution in [1.29, 1.82) is 0 Å². The number of benzene rings is 1. The number of allylic oxidation sites excluding steroid dienone is 4. The second-order valence-electron chi connectivity index (χ2n) is 5.79. The van der Waals surface area contributed by atoms with Crippen molar-refractivity contribution in [3.63, 3.8) is 0 Å². The fourth-order valence-electron chi connectivity index (χ4n) is 2.81. The van der Waals surface area contributed by atoms with Gasteiger partial charge in [-0.15, -0.1) is 0 Å². The molecule has 5 heteroatoms. The van der Waals surface area contributed by atoms with Gasteiger partial charge in [0.25, 0.3) is 0 Å². The third kappa shape index (κ3) is 4.48. The summed E-state index contributed by atoms with van der Waals surface area (Å²) in [5.41, 5.74) is 7.12. The topological polar surface area (TPSA) is 51.8 Å². The van der Waals surface area contributed by atoms with Crippen LogP contribution in [0.4, 0.5) is 4.39 Å². The summed E-state index contributed by atoms with van der Waals surface area (Å²) in [4.78, 5) is 0. The number of hydrogen-bond acceptors (Lipinski definition) is 2. The molecule has 136 valence electrons. The van der Waals surface area contributed by atoms with E-state index in [1.54, 1.807) is 0 Å². The van der Waals surface area contributed by atoms with E-state index in [1.165, 1.54) is 5.56 Å². The number of alkyl halides is 1. The highest BCUT2D eigenvalue weighted by Crippen LogP contribution is 2.36. The van der Waals surface area contributed by atoms with Crippen molar-refractivity contribution in [3.05, 3.63) is 51.2 Å². The number of aromatic amines is 2. The lowest BCUT2D eigenvalue weighted by atomic mass is 9.95. The van der Waals surface area contributed by atoms with Gasteiger partial charge in [0.2, 0.25) is 0 Å². The summed E-state index contributed by atoms with van der Waals surface area (Å²) >= 11 is 5.46. The molecule has 0 aliphatic heterocycles. The molecule has 3 N–H and O–H groups in total. The molecule has 0 amide bonds. The zero-order chi connectivity index (χ0) is 19.1. The molecule has 1 heterocycles. The average Bonchev–Trinajstić information content (AvgIpc) is 2.97. The van der Waals surface area contributed by atoms with Crippen LogP contribution in [0.2, 0.25) is 0 Å². The summed E-state index contributed by atoms with van der Waals surface area (Å²) in [6, 6.07) is 3.86. The minimum absolute atomic E-state index is 0.266. The number of phenols is 1. The van der Waals surface area contributed by atoms with Gasteiger partial charge in [-0.1, -0.05) is 31.3 Å². The standard InChI is InChI=1S/C19H24N2OS.CH3F/c1-6-8-11(3)13(5)17-18(20-21-19(17)23)15-10-14(7-2)12(4)9-16(15)22;1-2/h6,8-10,22H,7H2,1-5H3,(H2,20,21,23);1H3/b8-6-,13-11+;. The number of halogens is 1. The fourth-order valence-corrected chi connectivity index (χ4v) is 3.11. The zero-order valence-electron chi connectivity index (χ0n) is 15.7. The van der Waals surface area contributed by atoms with Crippen LogP contribution in [-0.2, 0) is 6.42 Å². The number of aromatic hydroxyl groups is 1. The predicted octanol–water partition coefficient (Wildman–Crippen LogP) is 6.27. The first-order valence-electron chi connectivity index (χ1n) is 8.22. The minimum Gasteiger partial charge on any atom is -0.507 e. The van der Waals surface area contributed by atoms with Gasteiger partial charge >= 0.3 is 0 Å². The van der Waals surface area contributed by atoms with Crippen LogP contribution in [0.5, 0.6) is 5.75 Å². The summed E-state index contributed by atoms with van der Waals surface area (Å²) in [6.45, 7) is 10.2. The van der Waals surface area contributed by atoms with Crippen molar-refractivity contribution >= 4 is 17.8 Å². The summed E-state index contributed by atoms with van der Waals surface area (Å²) in [6.07, 6.45) is 5.00. The van der Waals surface area contributed by atoms with Crippen molar-refractivity contribution in [2.24, 2.45) is 0 Å². The van der Waals surface area contributed by atoms with Gasteiger partial charge in [0.15, 0.2) is 0 Å². The van der Waals surface area contributed by atoms with Crippen molar-refractivity contribution in [2.45, 2.75) is 41.0 Å². The first-order valence-corrected chi connectivity index (χ1v) is 8.63. The Morgan fingerprint density at radius 3 is 2.44 bits per heavy atom. The Kier molecular flexibility index (Phi) is 7.84. The largest absolute Gasteiger partial charge is 0.507 e. The van der Waals surface area contributed by atoms with E-state index in [0.29, 0.717) is 11.8 Å². The van der Waals surface area contributed by atoms with Crippen LogP contribution >= 0.6 is 12.2 Å². The van der Waals surface area contributed by atoms with Crippen LogP contribution in [0.15, 0.2) is 29.9 Å². The summed E-state index contributed by atoms with van der Waals surface area (Å²) in [5.74, 6) is 0.266.